The van der Waals surface area contributed by atoms with Gasteiger partial charge >= 0.3 is 0 Å². The summed E-state index contributed by atoms with van der Waals surface area (Å²) in [5.74, 6) is 0.772. The fourth-order valence-electron chi connectivity index (χ4n) is 2.13. The molecule has 1 fully saturated rings. The lowest BCUT2D eigenvalue weighted by Crippen LogP contribution is -2.49. The van der Waals surface area contributed by atoms with Gasteiger partial charge in [-0.05, 0) is 36.7 Å². The smallest absolute Gasteiger partial charge is 0.272 e. The number of hydrogen-bond donors (Lipinski definition) is 2. The van der Waals surface area contributed by atoms with Crippen LogP contribution in [-0.2, 0) is 11.3 Å². The van der Waals surface area contributed by atoms with Crippen molar-refractivity contribution in [3.05, 3.63) is 29.8 Å². The van der Waals surface area contributed by atoms with Crippen molar-refractivity contribution in [1.29, 1.82) is 0 Å². The minimum atomic E-state index is -2.50. The first-order valence-corrected chi connectivity index (χ1v) is 7.04. The molecule has 0 saturated carbocycles. The molecule has 6 heteroatoms. The molecular formula is C15H20F2N2O2. The van der Waals surface area contributed by atoms with Gasteiger partial charge in [-0.25, -0.2) is 8.78 Å². The molecule has 21 heavy (non-hydrogen) atoms. The molecule has 0 aromatic heterocycles. The molecule has 2 N–H and O–H groups in total. The second kappa shape index (κ2) is 7.36. The van der Waals surface area contributed by atoms with Crippen LogP contribution in [0, 0.1) is 11.8 Å². The third kappa shape index (κ3) is 4.67. The van der Waals surface area contributed by atoms with Gasteiger partial charge in [0.1, 0.15) is 12.4 Å². The van der Waals surface area contributed by atoms with E-state index in [1.165, 1.54) is 0 Å². The highest BCUT2D eigenvalue weighted by atomic mass is 19.3. The van der Waals surface area contributed by atoms with Crippen LogP contribution in [0.2, 0.25) is 0 Å². The van der Waals surface area contributed by atoms with Gasteiger partial charge in [0, 0.05) is 12.5 Å². The molecule has 1 atom stereocenters. The van der Waals surface area contributed by atoms with Gasteiger partial charge in [-0.15, -0.1) is 0 Å². The molecule has 1 heterocycles. The van der Waals surface area contributed by atoms with Crippen LogP contribution in [-0.4, -0.2) is 32.0 Å². The van der Waals surface area contributed by atoms with E-state index in [2.05, 4.69) is 10.6 Å². The monoisotopic (exact) mass is 298 g/mol. The molecule has 1 aromatic rings. The van der Waals surface area contributed by atoms with Gasteiger partial charge in [-0.3, -0.25) is 4.79 Å². The van der Waals surface area contributed by atoms with E-state index in [0.29, 0.717) is 18.2 Å². The van der Waals surface area contributed by atoms with Crippen LogP contribution < -0.4 is 15.4 Å². The maximum Gasteiger partial charge on any atom is 0.272 e. The van der Waals surface area contributed by atoms with Crippen molar-refractivity contribution in [3.63, 3.8) is 0 Å². The summed E-state index contributed by atoms with van der Waals surface area (Å²) in [6, 6.07) is 6.83. The quantitative estimate of drug-likeness (QED) is 0.807. The molecule has 1 aliphatic heterocycles. The van der Waals surface area contributed by atoms with Crippen LogP contribution in [0.4, 0.5) is 8.78 Å². The Balaban J connectivity index is 1.82. The number of carbonyl (C=O) groups excluding carboxylic acids is 1. The number of hydrogen-bond acceptors (Lipinski definition) is 3. The SMILES string of the molecule is CC(C(=O)NCc1cccc(OCC(F)F)c1)C1CNC1. The minimum Gasteiger partial charge on any atom is -0.488 e. The molecule has 1 aromatic carbocycles. The van der Waals surface area contributed by atoms with E-state index >= 15 is 0 Å². The highest BCUT2D eigenvalue weighted by Crippen LogP contribution is 2.17. The zero-order valence-corrected chi connectivity index (χ0v) is 11.9. The maximum atomic E-state index is 12.1. The van der Waals surface area contributed by atoms with Crippen molar-refractivity contribution >= 4 is 5.91 Å². The van der Waals surface area contributed by atoms with Crippen molar-refractivity contribution in [2.24, 2.45) is 11.8 Å². The van der Waals surface area contributed by atoms with Crippen LogP contribution in [0.1, 0.15) is 12.5 Å². The summed E-state index contributed by atoms with van der Waals surface area (Å²) in [6.07, 6.45) is -2.50. The Kier molecular flexibility index (Phi) is 5.50. The summed E-state index contributed by atoms with van der Waals surface area (Å²) in [5, 5.41) is 6.01. The van der Waals surface area contributed by atoms with Crippen molar-refractivity contribution in [2.75, 3.05) is 19.7 Å². The topological polar surface area (TPSA) is 50.4 Å². The summed E-state index contributed by atoms with van der Waals surface area (Å²) in [6.45, 7) is 3.43. The zero-order chi connectivity index (χ0) is 15.2. The second-order valence-corrected chi connectivity index (χ2v) is 5.27. The Hall–Kier alpha value is -1.69. The van der Waals surface area contributed by atoms with E-state index in [0.717, 1.165) is 18.7 Å². The molecule has 0 aliphatic carbocycles. The molecule has 2 rings (SSSR count). The number of nitrogens with one attached hydrogen (secondary N) is 2. The predicted molar refractivity (Wildman–Crippen MR) is 75.3 cm³/mol. The lowest BCUT2D eigenvalue weighted by molar-refractivity contribution is -0.126. The van der Waals surface area contributed by atoms with Crippen LogP contribution in [0.5, 0.6) is 5.75 Å². The molecule has 116 valence electrons. The van der Waals surface area contributed by atoms with Crippen molar-refractivity contribution in [2.45, 2.75) is 19.9 Å². The highest BCUT2D eigenvalue weighted by Gasteiger charge is 2.28. The van der Waals surface area contributed by atoms with E-state index in [-0.39, 0.29) is 11.8 Å². The van der Waals surface area contributed by atoms with Gasteiger partial charge < -0.3 is 15.4 Å². The van der Waals surface area contributed by atoms with Gasteiger partial charge in [-0.2, -0.15) is 0 Å². The van der Waals surface area contributed by atoms with Gasteiger partial charge in [0.15, 0.2) is 0 Å². The third-order valence-corrected chi connectivity index (χ3v) is 3.67. The number of ether oxygens (including phenoxy) is 1. The highest BCUT2D eigenvalue weighted by molar-refractivity contribution is 5.78. The van der Waals surface area contributed by atoms with E-state index < -0.39 is 13.0 Å². The number of benzene rings is 1. The van der Waals surface area contributed by atoms with Crippen molar-refractivity contribution in [3.8, 4) is 5.75 Å². The normalized spacial score (nSPS) is 16.4. The number of alkyl halides is 2. The van der Waals surface area contributed by atoms with E-state index in [1.807, 2.05) is 13.0 Å². The number of carbonyl (C=O) groups is 1. The number of rotatable bonds is 7. The van der Waals surface area contributed by atoms with Gasteiger partial charge in [-0.1, -0.05) is 19.1 Å². The van der Waals surface area contributed by atoms with Gasteiger partial charge in [0.2, 0.25) is 5.91 Å². The Labute approximate surface area is 122 Å². The van der Waals surface area contributed by atoms with E-state index in [4.69, 9.17) is 4.74 Å². The van der Waals surface area contributed by atoms with E-state index in [9.17, 15) is 13.6 Å². The van der Waals surface area contributed by atoms with Crippen molar-refractivity contribution < 1.29 is 18.3 Å². The van der Waals surface area contributed by atoms with Gasteiger partial charge in [0.05, 0.1) is 0 Å². The zero-order valence-electron chi connectivity index (χ0n) is 11.9. The molecule has 0 spiro atoms. The van der Waals surface area contributed by atoms with Crippen LogP contribution in [0.3, 0.4) is 0 Å². The average Bonchev–Trinajstić information content (AvgIpc) is 2.41. The van der Waals surface area contributed by atoms with Crippen LogP contribution >= 0.6 is 0 Å². The first-order chi connectivity index (χ1) is 10.1. The lowest BCUT2D eigenvalue weighted by atomic mass is 9.88. The number of halogens is 2. The molecular weight excluding hydrogens is 278 g/mol. The fourth-order valence-corrected chi connectivity index (χ4v) is 2.13. The van der Waals surface area contributed by atoms with Gasteiger partial charge in [0.25, 0.3) is 6.43 Å². The van der Waals surface area contributed by atoms with Crippen molar-refractivity contribution in [1.82, 2.24) is 10.6 Å². The standard InChI is InChI=1S/C15H20F2N2O2/c1-10(12-7-18-8-12)15(20)19-6-11-3-2-4-13(5-11)21-9-14(16)17/h2-5,10,12,14,18H,6-9H2,1H3,(H,19,20). The van der Waals surface area contributed by atoms with E-state index in [1.54, 1.807) is 18.2 Å². The Morgan fingerprint density at radius 2 is 2.24 bits per heavy atom. The first-order valence-electron chi connectivity index (χ1n) is 7.04. The Morgan fingerprint density at radius 1 is 1.48 bits per heavy atom. The summed E-state index contributed by atoms with van der Waals surface area (Å²) in [7, 11) is 0. The Bertz CT molecular complexity index is 478. The van der Waals surface area contributed by atoms with Crippen LogP contribution in [0.25, 0.3) is 0 Å². The molecule has 1 amide bonds. The molecule has 1 aliphatic rings. The molecule has 0 radical (unpaired) electrons. The third-order valence-electron chi connectivity index (χ3n) is 3.67. The summed E-state index contributed by atoms with van der Waals surface area (Å²) >= 11 is 0. The predicted octanol–water partition coefficient (Wildman–Crippen LogP) is 1.80. The molecule has 1 unspecified atom stereocenters. The Morgan fingerprint density at radius 3 is 2.86 bits per heavy atom. The summed E-state index contributed by atoms with van der Waals surface area (Å²) in [5.41, 5.74) is 0.828. The number of amides is 1. The minimum absolute atomic E-state index is 0.0143. The van der Waals surface area contributed by atoms with Crippen LogP contribution in [0.15, 0.2) is 24.3 Å². The summed E-state index contributed by atoms with van der Waals surface area (Å²) in [4.78, 5) is 12.0. The summed E-state index contributed by atoms with van der Waals surface area (Å²) < 4.78 is 29.1. The maximum absolute atomic E-state index is 12.1. The molecule has 4 nitrogen and oxygen atoms in total. The molecule has 0 bridgehead atoms. The largest absolute Gasteiger partial charge is 0.488 e. The fraction of sp³-hybridized carbons (Fsp3) is 0.533. The second-order valence-electron chi connectivity index (χ2n) is 5.27. The molecule has 1 saturated heterocycles. The first kappa shape index (κ1) is 15.7. The average molecular weight is 298 g/mol. The lowest BCUT2D eigenvalue weighted by Gasteiger charge is -2.31.